The van der Waals surface area contributed by atoms with Crippen molar-refractivity contribution in [1.82, 2.24) is 0 Å². The van der Waals surface area contributed by atoms with E-state index >= 15 is 0 Å². The Morgan fingerprint density at radius 2 is 2.10 bits per heavy atom. The number of nitrogens with two attached hydrogens (primary N) is 1. The largest absolute Gasteiger partial charge is 0.457 e. The van der Waals surface area contributed by atoms with Crippen LogP contribution < -0.4 is 5.73 Å². The molecule has 4 heteroatoms. The number of rotatable bonds is 3. The van der Waals surface area contributed by atoms with Crippen molar-refractivity contribution in [2.45, 2.75) is 13.5 Å². The number of aryl methyl sites for hydroxylation is 1. The van der Waals surface area contributed by atoms with Gasteiger partial charge in [-0.3, -0.25) is 0 Å². The standard InChI is InChI=1S/C16H14N2O2/c1-11-5-6-15(18)14(7-11)16(19)20-10-13-4-2-3-12(8-13)9-17/h2-8H,10,18H2,1H3. The van der Waals surface area contributed by atoms with E-state index in [0.29, 0.717) is 16.8 Å². The summed E-state index contributed by atoms with van der Waals surface area (Å²) < 4.78 is 5.22. The van der Waals surface area contributed by atoms with Crippen molar-refractivity contribution >= 4 is 11.7 Å². The zero-order valence-electron chi connectivity index (χ0n) is 11.1. The third-order valence-electron chi connectivity index (χ3n) is 2.85. The highest BCUT2D eigenvalue weighted by atomic mass is 16.5. The third-order valence-corrected chi connectivity index (χ3v) is 2.85. The molecule has 0 bridgehead atoms. The lowest BCUT2D eigenvalue weighted by molar-refractivity contribution is 0.0474. The molecule has 0 aliphatic rings. The van der Waals surface area contributed by atoms with E-state index in [9.17, 15) is 4.79 Å². The minimum absolute atomic E-state index is 0.113. The van der Waals surface area contributed by atoms with Crippen molar-refractivity contribution in [3.8, 4) is 6.07 Å². The van der Waals surface area contributed by atoms with Crippen LogP contribution in [-0.4, -0.2) is 5.97 Å². The number of nitrogen functional groups attached to an aromatic ring is 1. The number of hydrogen-bond donors (Lipinski definition) is 1. The van der Waals surface area contributed by atoms with Crippen LogP contribution in [0, 0.1) is 18.3 Å². The van der Waals surface area contributed by atoms with Crippen LogP contribution in [-0.2, 0) is 11.3 Å². The first-order valence-corrected chi connectivity index (χ1v) is 6.12. The van der Waals surface area contributed by atoms with Crippen LogP contribution >= 0.6 is 0 Å². The molecular formula is C16H14N2O2. The fourth-order valence-corrected chi connectivity index (χ4v) is 1.80. The van der Waals surface area contributed by atoms with Gasteiger partial charge in [-0.15, -0.1) is 0 Å². The molecule has 0 saturated heterocycles. The van der Waals surface area contributed by atoms with E-state index in [2.05, 4.69) is 0 Å². The van der Waals surface area contributed by atoms with Crippen LogP contribution in [0.1, 0.15) is 27.0 Å². The number of benzene rings is 2. The van der Waals surface area contributed by atoms with E-state index < -0.39 is 5.97 Å². The lowest BCUT2D eigenvalue weighted by Crippen LogP contribution is -2.08. The molecular weight excluding hydrogens is 252 g/mol. The SMILES string of the molecule is Cc1ccc(N)c(C(=O)OCc2cccc(C#N)c2)c1. The fraction of sp³-hybridized carbons (Fsp3) is 0.125. The molecule has 0 heterocycles. The van der Waals surface area contributed by atoms with Crippen LogP contribution in [0.3, 0.4) is 0 Å². The average Bonchev–Trinajstić information content (AvgIpc) is 2.47. The summed E-state index contributed by atoms with van der Waals surface area (Å²) in [6.07, 6.45) is 0. The molecule has 0 aliphatic heterocycles. The zero-order valence-corrected chi connectivity index (χ0v) is 11.1. The summed E-state index contributed by atoms with van der Waals surface area (Å²) in [5, 5.41) is 8.81. The van der Waals surface area contributed by atoms with Crippen LogP contribution in [0.2, 0.25) is 0 Å². The number of carbonyl (C=O) groups is 1. The summed E-state index contributed by atoms with van der Waals surface area (Å²) in [6.45, 7) is 1.99. The summed E-state index contributed by atoms with van der Waals surface area (Å²) in [7, 11) is 0. The molecule has 100 valence electrons. The van der Waals surface area contributed by atoms with Crippen LogP contribution in [0.4, 0.5) is 5.69 Å². The summed E-state index contributed by atoms with van der Waals surface area (Å²) in [4.78, 5) is 12.0. The van der Waals surface area contributed by atoms with Crippen molar-refractivity contribution in [3.05, 3.63) is 64.7 Å². The summed E-state index contributed by atoms with van der Waals surface area (Å²) in [5.74, 6) is -0.464. The van der Waals surface area contributed by atoms with Crippen molar-refractivity contribution in [1.29, 1.82) is 5.26 Å². The van der Waals surface area contributed by atoms with E-state index in [1.165, 1.54) is 0 Å². The van der Waals surface area contributed by atoms with Gasteiger partial charge in [0.1, 0.15) is 6.61 Å². The first-order valence-electron chi connectivity index (χ1n) is 6.12. The number of ether oxygens (including phenoxy) is 1. The summed E-state index contributed by atoms with van der Waals surface area (Å²) >= 11 is 0. The molecule has 2 rings (SSSR count). The normalized spacial score (nSPS) is 9.80. The molecule has 0 fully saturated rings. The van der Waals surface area contributed by atoms with Gasteiger partial charge in [0.15, 0.2) is 0 Å². The van der Waals surface area contributed by atoms with Gasteiger partial charge in [0.2, 0.25) is 0 Å². The van der Waals surface area contributed by atoms with E-state index in [4.69, 9.17) is 15.7 Å². The zero-order chi connectivity index (χ0) is 14.5. The second-order valence-corrected chi connectivity index (χ2v) is 4.48. The van der Waals surface area contributed by atoms with Gasteiger partial charge < -0.3 is 10.5 Å². The monoisotopic (exact) mass is 266 g/mol. The highest BCUT2D eigenvalue weighted by Crippen LogP contribution is 2.16. The molecule has 0 aliphatic carbocycles. The Morgan fingerprint density at radius 1 is 1.30 bits per heavy atom. The molecule has 0 aromatic heterocycles. The molecule has 0 spiro atoms. The van der Waals surface area contributed by atoms with E-state index in [1.54, 1.807) is 36.4 Å². The second-order valence-electron chi connectivity index (χ2n) is 4.48. The maximum atomic E-state index is 12.0. The first kappa shape index (κ1) is 13.6. The summed E-state index contributed by atoms with van der Waals surface area (Å²) in [6, 6.07) is 14.2. The van der Waals surface area contributed by atoms with Gasteiger partial charge in [-0.05, 0) is 36.8 Å². The van der Waals surface area contributed by atoms with Gasteiger partial charge in [-0.1, -0.05) is 23.8 Å². The maximum Gasteiger partial charge on any atom is 0.340 e. The van der Waals surface area contributed by atoms with Crippen LogP contribution in [0.15, 0.2) is 42.5 Å². The topological polar surface area (TPSA) is 76.1 Å². The molecule has 0 saturated carbocycles. The molecule has 20 heavy (non-hydrogen) atoms. The summed E-state index contributed by atoms with van der Waals surface area (Å²) in [5.41, 5.74) is 8.76. The molecule has 2 aromatic carbocycles. The maximum absolute atomic E-state index is 12.0. The van der Waals surface area contributed by atoms with Crippen molar-refractivity contribution in [3.63, 3.8) is 0 Å². The van der Waals surface area contributed by atoms with Gasteiger partial charge in [-0.2, -0.15) is 5.26 Å². The molecule has 0 amide bonds. The lowest BCUT2D eigenvalue weighted by Gasteiger charge is -2.08. The average molecular weight is 266 g/mol. The third kappa shape index (κ3) is 3.15. The Balaban J connectivity index is 2.09. The van der Waals surface area contributed by atoms with Crippen molar-refractivity contribution in [2.24, 2.45) is 0 Å². The Kier molecular flexibility index (Phi) is 4.02. The quantitative estimate of drug-likeness (QED) is 0.684. The minimum atomic E-state index is -0.464. The van der Waals surface area contributed by atoms with Crippen molar-refractivity contribution < 1.29 is 9.53 Å². The molecule has 0 unspecified atom stereocenters. The van der Waals surface area contributed by atoms with Gasteiger partial charge >= 0.3 is 5.97 Å². The number of carbonyl (C=O) groups excluding carboxylic acids is 1. The minimum Gasteiger partial charge on any atom is -0.457 e. The van der Waals surface area contributed by atoms with Gasteiger partial charge in [0, 0.05) is 5.69 Å². The van der Waals surface area contributed by atoms with E-state index in [1.807, 2.05) is 19.1 Å². The number of esters is 1. The first-order chi connectivity index (χ1) is 9.60. The smallest absolute Gasteiger partial charge is 0.340 e. The van der Waals surface area contributed by atoms with Crippen LogP contribution in [0.25, 0.3) is 0 Å². The van der Waals surface area contributed by atoms with Crippen LogP contribution in [0.5, 0.6) is 0 Å². The molecule has 4 nitrogen and oxygen atoms in total. The molecule has 2 N–H and O–H groups in total. The van der Waals surface area contributed by atoms with Gasteiger partial charge in [0.05, 0.1) is 17.2 Å². The number of nitrogens with zero attached hydrogens (tertiary/aromatic N) is 1. The van der Waals surface area contributed by atoms with E-state index in [0.717, 1.165) is 11.1 Å². The van der Waals surface area contributed by atoms with Gasteiger partial charge in [-0.25, -0.2) is 4.79 Å². The highest BCUT2D eigenvalue weighted by molar-refractivity contribution is 5.95. The predicted molar refractivity (Wildman–Crippen MR) is 75.9 cm³/mol. The number of anilines is 1. The lowest BCUT2D eigenvalue weighted by atomic mass is 10.1. The Hall–Kier alpha value is -2.80. The molecule has 2 aromatic rings. The van der Waals surface area contributed by atoms with E-state index in [-0.39, 0.29) is 6.61 Å². The van der Waals surface area contributed by atoms with Gasteiger partial charge in [0.25, 0.3) is 0 Å². The Bertz CT molecular complexity index is 687. The number of nitriles is 1. The molecule has 0 radical (unpaired) electrons. The second kappa shape index (κ2) is 5.89. The van der Waals surface area contributed by atoms with Crippen molar-refractivity contribution in [2.75, 3.05) is 5.73 Å². The Labute approximate surface area is 117 Å². The fourth-order valence-electron chi connectivity index (χ4n) is 1.80. The molecule has 0 atom stereocenters. The number of hydrogen-bond acceptors (Lipinski definition) is 4. The highest BCUT2D eigenvalue weighted by Gasteiger charge is 2.11. The predicted octanol–water partition coefficient (Wildman–Crippen LogP) is 2.81. The Morgan fingerprint density at radius 3 is 2.85 bits per heavy atom.